The van der Waals surface area contributed by atoms with Gasteiger partial charge in [-0.2, -0.15) is 0 Å². The molecule has 0 atom stereocenters. The summed E-state index contributed by atoms with van der Waals surface area (Å²) in [6.45, 7) is 5.24. The molecule has 0 unspecified atom stereocenters. The lowest BCUT2D eigenvalue weighted by atomic mass is 10.4. The van der Waals surface area contributed by atoms with E-state index in [2.05, 4.69) is 0 Å². The number of rotatable bonds is 3. The Morgan fingerprint density at radius 2 is 2.00 bits per heavy atom. The second-order valence-corrected chi connectivity index (χ2v) is 7.48. The van der Waals surface area contributed by atoms with Crippen molar-refractivity contribution in [2.45, 2.75) is 26.8 Å². The van der Waals surface area contributed by atoms with E-state index >= 15 is 0 Å². The summed E-state index contributed by atoms with van der Waals surface area (Å²) in [5.74, 6) is 0.240. The molecule has 0 spiro atoms. The van der Waals surface area contributed by atoms with Gasteiger partial charge in [0.25, 0.3) is 0 Å². The van der Waals surface area contributed by atoms with Crippen LogP contribution in [0.15, 0.2) is 4.79 Å². The zero-order valence-electron chi connectivity index (χ0n) is 9.97. The summed E-state index contributed by atoms with van der Waals surface area (Å²) in [6.07, 6.45) is 0.693. The maximum absolute atomic E-state index is 11.6. The molecule has 2 heterocycles. The normalized spacial score (nSPS) is 19.9. The van der Waals surface area contributed by atoms with E-state index in [-0.39, 0.29) is 10.6 Å². The predicted octanol–water partition coefficient (Wildman–Crippen LogP) is 0.562. The Labute approximate surface area is 105 Å². The van der Waals surface area contributed by atoms with E-state index in [1.54, 1.807) is 4.57 Å². The summed E-state index contributed by atoms with van der Waals surface area (Å²) in [4.78, 5) is 12.6. The Bertz CT molecular complexity index is 571. The first-order valence-corrected chi connectivity index (χ1v) is 7.99. The number of thiazole rings is 1. The van der Waals surface area contributed by atoms with Crippen LogP contribution >= 0.6 is 11.3 Å². The number of hydrogen-bond donors (Lipinski definition) is 0. The van der Waals surface area contributed by atoms with Crippen LogP contribution in [0.4, 0.5) is 0 Å². The van der Waals surface area contributed by atoms with Crippen LogP contribution in [-0.4, -0.2) is 36.1 Å². The summed E-state index contributed by atoms with van der Waals surface area (Å²) in [6, 6.07) is 0. The van der Waals surface area contributed by atoms with E-state index in [9.17, 15) is 13.2 Å². The molecule has 1 aliphatic rings. The average molecular weight is 276 g/mol. The SMILES string of the molecule is Cc1sc(=O)n(CCN2CCCS2(=O)=O)c1C. The lowest BCUT2D eigenvalue weighted by molar-refractivity contribution is 0.416. The molecule has 96 valence electrons. The second-order valence-electron chi connectivity index (χ2n) is 4.23. The molecule has 1 fully saturated rings. The van der Waals surface area contributed by atoms with Gasteiger partial charge in [-0.15, -0.1) is 0 Å². The summed E-state index contributed by atoms with van der Waals surface area (Å²) in [5, 5.41) is 0. The first-order chi connectivity index (χ1) is 7.92. The third-order valence-corrected chi connectivity index (χ3v) is 6.10. The molecule has 5 nitrogen and oxygen atoms in total. The minimum atomic E-state index is -3.05. The van der Waals surface area contributed by atoms with Crippen molar-refractivity contribution in [1.82, 2.24) is 8.87 Å². The standard InChI is InChI=1S/C10H16N2O3S2/c1-8-9(2)16-10(13)12(8)6-5-11-4-3-7-17(11,14)15/h3-7H2,1-2H3. The minimum absolute atomic E-state index is 0.00315. The molecule has 0 aromatic carbocycles. The van der Waals surface area contributed by atoms with Gasteiger partial charge in [0, 0.05) is 30.2 Å². The quantitative estimate of drug-likeness (QED) is 0.810. The van der Waals surface area contributed by atoms with Gasteiger partial charge < -0.3 is 4.57 Å². The van der Waals surface area contributed by atoms with E-state index in [0.717, 1.165) is 10.6 Å². The zero-order valence-corrected chi connectivity index (χ0v) is 11.6. The summed E-state index contributed by atoms with van der Waals surface area (Å²) < 4.78 is 26.3. The van der Waals surface area contributed by atoms with E-state index in [1.807, 2.05) is 13.8 Å². The average Bonchev–Trinajstić information content (AvgIpc) is 2.68. The van der Waals surface area contributed by atoms with E-state index in [1.165, 1.54) is 15.6 Å². The second kappa shape index (κ2) is 4.55. The van der Waals surface area contributed by atoms with Crippen LogP contribution in [0.1, 0.15) is 17.0 Å². The van der Waals surface area contributed by atoms with Crippen molar-refractivity contribution in [3.8, 4) is 0 Å². The fourth-order valence-electron chi connectivity index (χ4n) is 2.00. The Morgan fingerprint density at radius 1 is 1.29 bits per heavy atom. The molecule has 1 aromatic rings. The van der Waals surface area contributed by atoms with Gasteiger partial charge in [0.1, 0.15) is 0 Å². The van der Waals surface area contributed by atoms with Gasteiger partial charge in [-0.25, -0.2) is 12.7 Å². The predicted molar refractivity (Wildman–Crippen MR) is 68.0 cm³/mol. The number of nitrogens with zero attached hydrogens (tertiary/aromatic N) is 2. The van der Waals surface area contributed by atoms with Crippen molar-refractivity contribution < 1.29 is 8.42 Å². The first kappa shape index (κ1) is 12.8. The van der Waals surface area contributed by atoms with E-state index < -0.39 is 10.0 Å². The first-order valence-electron chi connectivity index (χ1n) is 5.56. The molecule has 2 rings (SSSR count). The maximum atomic E-state index is 11.6. The summed E-state index contributed by atoms with van der Waals surface area (Å²) in [5.41, 5.74) is 0.941. The van der Waals surface area contributed by atoms with Crippen molar-refractivity contribution in [3.63, 3.8) is 0 Å². The highest BCUT2D eigenvalue weighted by molar-refractivity contribution is 7.89. The summed E-state index contributed by atoms with van der Waals surface area (Å²) in [7, 11) is -3.05. The van der Waals surface area contributed by atoms with Crippen molar-refractivity contribution in [2.24, 2.45) is 0 Å². The van der Waals surface area contributed by atoms with Gasteiger partial charge in [-0.1, -0.05) is 11.3 Å². The lowest BCUT2D eigenvalue weighted by Gasteiger charge is -2.14. The molecular formula is C10H16N2O3S2. The number of aryl methyl sites for hydroxylation is 1. The van der Waals surface area contributed by atoms with E-state index in [0.29, 0.717) is 26.1 Å². The molecule has 0 saturated carbocycles. The Balaban J connectivity index is 2.11. The van der Waals surface area contributed by atoms with Crippen LogP contribution in [0, 0.1) is 13.8 Å². The molecule has 1 saturated heterocycles. The largest absolute Gasteiger partial charge is 0.307 e. The van der Waals surface area contributed by atoms with Crippen LogP contribution in [-0.2, 0) is 16.6 Å². The molecule has 17 heavy (non-hydrogen) atoms. The summed E-state index contributed by atoms with van der Waals surface area (Å²) >= 11 is 1.22. The Hall–Kier alpha value is -0.660. The highest BCUT2D eigenvalue weighted by Crippen LogP contribution is 2.14. The van der Waals surface area contributed by atoms with Gasteiger partial charge in [-0.05, 0) is 20.3 Å². The minimum Gasteiger partial charge on any atom is -0.302 e. The number of hydrogen-bond acceptors (Lipinski definition) is 4. The topological polar surface area (TPSA) is 59.4 Å². The van der Waals surface area contributed by atoms with Gasteiger partial charge in [-0.3, -0.25) is 4.79 Å². The van der Waals surface area contributed by atoms with Crippen LogP contribution < -0.4 is 4.87 Å². The molecule has 0 amide bonds. The van der Waals surface area contributed by atoms with Gasteiger partial charge in [0.15, 0.2) is 0 Å². The third-order valence-electron chi connectivity index (χ3n) is 3.15. The van der Waals surface area contributed by atoms with Crippen LogP contribution in [0.25, 0.3) is 0 Å². The highest BCUT2D eigenvalue weighted by atomic mass is 32.2. The van der Waals surface area contributed by atoms with Crippen molar-refractivity contribution in [3.05, 3.63) is 20.2 Å². The zero-order chi connectivity index (χ0) is 12.6. The van der Waals surface area contributed by atoms with Crippen molar-refractivity contribution in [1.29, 1.82) is 0 Å². The Kier molecular flexibility index (Phi) is 3.42. The third kappa shape index (κ3) is 2.46. The molecule has 7 heteroatoms. The Morgan fingerprint density at radius 3 is 2.47 bits per heavy atom. The highest BCUT2D eigenvalue weighted by Gasteiger charge is 2.27. The van der Waals surface area contributed by atoms with E-state index in [4.69, 9.17) is 0 Å². The molecule has 0 bridgehead atoms. The van der Waals surface area contributed by atoms with Crippen LogP contribution in [0.2, 0.25) is 0 Å². The maximum Gasteiger partial charge on any atom is 0.307 e. The van der Waals surface area contributed by atoms with Gasteiger partial charge in [0.2, 0.25) is 10.0 Å². The van der Waals surface area contributed by atoms with Gasteiger partial charge >= 0.3 is 4.87 Å². The van der Waals surface area contributed by atoms with Crippen LogP contribution in [0.5, 0.6) is 0 Å². The fraction of sp³-hybridized carbons (Fsp3) is 0.700. The van der Waals surface area contributed by atoms with Crippen molar-refractivity contribution >= 4 is 21.4 Å². The van der Waals surface area contributed by atoms with Crippen LogP contribution in [0.3, 0.4) is 0 Å². The molecule has 0 aliphatic carbocycles. The lowest BCUT2D eigenvalue weighted by Crippen LogP contribution is -2.31. The molecule has 1 aromatic heterocycles. The number of sulfonamides is 1. The monoisotopic (exact) mass is 276 g/mol. The molecule has 0 radical (unpaired) electrons. The van der Waals surface area contributed by atoms with Crippen molar-refractivity contribution in [2.75, 3.05) is 18.8 Å². The molecule has 0 N–H and O–H groups in total. The van der Waals surface area contributed by atoms with Gasteiger partial charge in [0.05, 0.1) is 5.75 Å². The molecular weight excluding hydrogens is 260 g/mol. The molecule has 1 aliphatic heterocycles. The smallest absolute Gasteiger partial charge is 0.302 e. The number of aromatic nitrogens is 1. The fourth-order valence-corrected chi connectivity index (χ4v) is 4.38.